The van der Waals surface area contributed by atoms with Crippen molar-refractivity contribution in [1.82, 2.24) is 5.32 Å². The van der Waals surface area contributed by atoms with Gasteiger partial charge in [-0.25, -0.2) is 0 Å². The molecule has 5 heteroatoms. The molecule has 118 valence electrons. The number of nitrogens with one attached hydrogen (secondary N) is 1. The van der Waals surface area contributed by atoms with E-state index in [4.69, 9.17) is 16.0 Å². The van der Waals surface area contributed by atoms with E-state index in [2.05, 4.69) is 39.2 Å². The van der Waals surface area contributed by atoms with Crippen LogP contribution in [0.25, 0.3) is 0 Å². The number of benzene rings is 1. The molecule has 1 N–H and O–H groups in total. The third-order valence-corrected chi connectivity index (χ3v) is 8.85. The maximum absolute atomic E-state index is 12.0. The van der Waals surface area contributed by atoms with Crippen molar-refractivity contribution in [1.29, 1.82) is 0 Å². The van der Waals surface area contributed by atoms with E-state index < -0.39 is 8.32 Å². The Morgan fingerprint density at radius 1 is 1.29 bits per heavy atom. The Labute approximate surface area is 134 Å². The lowest BCUT2D eigenvalue weighted by Gasteiger charge is -2.35. The zero-order valence-electron chi connectivity index (χ0n) is 13.8. The van der Waals surface area contributed by atoms with Gasteiger partial charge in [0.05, 0.1) is 6.04 Å². The van der Waals surface area contributed by atoms with Crippen LogP contribution in [0.5, 0.6) is 0 Å². The van der Waals surface area contributed by atoms with Gasteiger partial charge in [-0.1, -0.05) is 44.5 Å². The number of hydrogen-bond donors (Lipinski definition) is 1. The summed E-state index contributed by atoms with van der Waals surface area (Å²) in [5, 5.41) is 3.75. The van der Waals surface area contributed by atoms with Crippen LogP contribution < -0.4 is 5.32 Å². The second-order valence-corrected chi connectivity index (χ2v) is 12.1. The van der Waals surface area contributed by atoms with Gasteiger partial charge < -0.3 is 9.74 Å². The molecule has 0 bridgehead atoms. The number of amides is 1. The van der Waals surface area contributed by atoms with Crippen LogP contribution in [-0.4, -0.2) is 20.8 Å². The number of carbonyl (C=O) groups is 1. The first-order valence-corrected chi connectivity index (χ1v) is 10.5. The molecule has 0 spiro atoms. The lowest BCUT2D eigenvalue weighted by Crippen LogP contribution is -2.44. The van der Waals surface area contributed by atoms with Crippen molar-refractivity contribution in [2.45, 2.75) is 51.9 Å². The average molecular weight is 328 g/mol. The van der Waals surface area contributed by atoms with E-state index in [1.807, 2.05) is 31.2 Å². The van der Waals surface area contributed by atoms with Gasteiger partial charge in [0.25, 0.3) is 0 Å². The first kappa shape index (κ1) is 18.2. The first-order chi connectivity index (χ1) is 9.53. The Morgan fingerprint density at radius 2 is 1.81 bits per heavy atom. The lowest BCUT2D eigenvalue weighted by molar-refractivity contribution is -0.124. The molecule has 0 radical (unpaired) electrons. The van der Waals surface area contributed by atoms with Gasteiger partial charge in [0.15, 0.2) is 8.32 Å². The third-order valence-electron chi connectivity index (χ3n) is 4.12. The SMILES string of the molecule is CC(NC(=O)CO[Si](C)(C)C(C)(C)C)c1ccc(Cl)cc1. The lowest BCUT2D eigenvalue weighted by atomic mass is 10.1. The summed E-state index contributed by atoms with van der Waals surface area (Å²) in [6.45, 7) is 12.8. The Morgan fingerprint density at radius 3 is 2.29 bits per heavy atom. The minimum atomic E-state index is -1.88. The quantitative estimate of drug-likeness (QED) is 0.806. The van der Waals surface area contributed by atoms with Crippen molar-refractivity contribution in [3.8, 4) is 0 Å². The number of hydrogen-bond acceptors (Lipinski definition) is 2. The minimum absolute atomic E-state index is 0.0576. The molecule has 1 amide bonds. The van der Waals surface area contributed by atoms with Crippen LogP contribution in [0.1, 0.15) is 39.3 Å². The zero-order chi connectivity index (χ0) is 16.3. The smallest absolute Gasteiger partial charge is 0.245 e. The van der Waals surface area contributed by atoms with Crippen molar-refractivity contribution in [2.75, 3.05) is 6.61 Å². The molecule has 1 aromatic rings. The van der Waals surface area contributed by atoms with Gasteiger partial charge in [0.1, 0.15) is 6.61 Å². The van der Waals surface area contributed by atoms with Crippen LogP contribution in [0.2, 0.25) is 23.2 Å². The van der Waals surface area contributed by atoms with E-state index in [0.717, 1.165) is 5.56 Å². The number of halogens is 1. The largest absolute Gasteiger partial charge is 0.408 e. The third kappa shape index (κ3) is 5.45. The fraction of sp³-hybridized carbons (Fsp3) is 0.562. The molecule has 0 aliphatic rings. The normalized spacial score (nSPS) is 13.9. The van der Waals surface area contributed by atoms with E-state index in [-0.39, 0.29) is 23.6 Å². The van der Waals surface area contributed by atoms with Gasteiger partial charge >= 0.3 is 0 Å². The van der Waals surface area contributed by atoms with E-state index in [0.29, 0.717) is 5.02 Å². The molecule has 1 rings (SSSR count). The number of carbonyl (C=O) groups excluding carboxylic acids is 1. The highest BCUT2D eigenvalue weighted by Crippen LogP contribution is 2.36. The van der Waals surface area contributed by atoms with Crippen LogP contribution in [0.4, 0.5) is 0 Å². The van der Waals surface area contributed by atoms with Crippen molar-refractivity contribution in [3.05, 3.63) is 34.9 Å². The Hall–Kier alpha value is -0.843. The number of rotatable bonds is 5. The molecular weight excluding hydrogens is 302 g/mol. The summed E-state index contributed by atoms with van der Waals surface area (Å²) in [6, 6.07) is 7.43. The highest BCUT2D eigenvalue weighted by molar-refractivity contribution is 6.74. The topological polar surface area (TPSA) is 38.3 Å². The molecule has 0 aromatic heterocycles. The van der Waals surface area contributed by atoms with Crippen molar-refractivity contribution in [2.24, 2.45) is 0 Å². The monoisotopic (exact) mass is 327 g/mol. The minimum Gasteiger partial charge on any atom is -0.408 e. The van der Waals surface area contributed by atoms with Gasteiger partial charge in [0, 0.05) is 5.02 Å². The average Bonchev–Trinajstić information content (AvgIpc) is 2.36. The summed E-state index contributed by atoms with van der Waals surface area (Å²) < 4.78 is 5.92. The van der Waals surface area contributed by atoms with Crippen LogP contribution in [0, 0.1) is 0 Å². The van der Waals surface area contributed by atoms with E-state index >= 15 is 0 Å². The summed E-state index contributed by atoms with van der Waals surface area (Å²) in [7, 11) is -1.88. The summed E-state index contributed by atoms with van der Waals surface area (Å²) in [6.07, 6.45) is 0. The van der Waals surface area contributed by atoms with Crippen molar-refractivity contribution >= 4 is 25.8 Å². The molecule has 1 aromatic carbocycles. The maximum atomic E-state index is 12.0. The van der Waals surface area contributed by atoms with Crippen LogP contribution in [-0.2, 0) is 9.22 Å². The van der Waals surface area contributed by atoms with Gasteiger partial charge in [0.2, 0.25) is 5.91 Å². The predicted molar refractivity (Wildman–Crippen MR) is 91.2 cm³/mol. The van der Waals surface area contributed by atoms with Crippen LogP contribution in [0.15, 0.2) is 24.3 Å². The molecule has 0 fully saturated rings. The Kier molecular flexibility index (Phi) is 6.02. The first-order valence-electron chi connectivity index (χ1n) is 7.22. The Bertz CT molecular complexity index is 480. The molecule has 0 heterocycles. The second-order valence-electron chi connectivity index (χ2n) is 6.89. The molecule has 1 atom stereocenters. The summed E-state index contributed by atoms with van der Waals surface area (Å²) >= 11 is 5.86. The second kappa shape index (κ2) is 6.94. The van der Waals surface area contributed by atoms with E-state index in [1.54, 1.807) is 0 Å². The molecule has 0 saturated carbocycles. The summed E-state index contributed by atoms with van der Waals surface area (Å²) in [5.74, 6) is -0.0812. The van der Waals surface area contributed by atoms with Crippen LogP contribution >= 0.6 is 11.6 Å². The van der Waals surface area contributed by atoms with Crippen molar-refractivity contribution in [3.63, 3.8) is 0 Å². The standard InChI is InChI=1S/C16H26ClNO2Si/c1-12(13-7-9-14(17)10-8-13)18-15(19)11-20-21(5,6)16(2,3)4/h7-10,12H,11H2,1-6H3,(H,18,19). The summed E-state index contributed by atoms with van der Waals surface area (Å²) in [4.78, 5) is 12.0. The van der Waals surface area contributed by atoms with Gasteiger partial charge in [-0.2, -0.15) is 0 Å². The maximum Gasteiger partial charge on any atom is 0.245 e. The van der Waals surface area contributed by atoms with Gasteiger partial charge in [-0.3, -0.25) is 4.79 Å². The Balaban J connectivity index is 2.52. The molecule has 1 unspecified atom stereocenters. The van der Waals surface area contributed by atoms with Crippen molar-refractivity contribution < 1.29 is 9.22 Å². The zero-order valence-corrected chi connectivity index (χ0v) is 15.5. The molecule has 0 aliphatic carbocycles. The predicted octanol–water partition coefficient (Wildman–Crippen LogP) is 4.54. The molecule has 3 nitrogen and oxygen atoms in total. The van der Waals surface area contributed by atoms with E-state index in [1.165, 1.54) is 0 Å². The van der Waals surface area contributed by atoms with Gasteiger partial charge in [-0.15, -0.1) is 0 Å². The van der Waals surface area contributed by atoms with Gasteiger partial charge in [-0.05, 0) is 42.8 Å². The molecule has 21 heavy (non-hydrogen) atoms. The fourth-order valence-electron chi connectivity index (χ4n) is 1.58. The highest BCUT2D eigenvalue weighted by atomic mass is 35.5. The molecular formula is C16H26ClNO2Si. The van der Waals surface area contributed by atoms with E-state index in [9.17, 15) is 4.79 Å². The highest BCUT2D eigenvalue weighted by Gasteiger charge is 2.37. The fourth-order valence-corrected chi connectivity index (χ4v) is 2.63. The molecule has 0 saturated heterocycles. The summed E-state index contributed by atoms with van der Waals surface area (Å²) in [5.41, 5.74) is 1.03. The van der Waals surface area contributed by atoms with Crippen LogP contribution in [0.3, 0.4) is 0 Å². The molecule has 0 aliphatic heterocycles.